The fourth-order valence-corrected chi connectivity index (χ4v) is 5.89. The van der Waals surface area contributed by atoms with Crippen LogP contribution in [0, 0.1) is 5.92 Å². The van der Waals surface area contributed by atoms with Gasteiger partial charge in [0.1, 0.15) is 6.17 Å². The second-order valence-corrected chi connectivity index (χ2v) is 10.4. The molecule has 0 amide bonds. The van der Waals surface area contributed by atoms with Crippen LogP contribution in [0.3, 0.4) is 0 Å². The maximum Gasteiger partial charge on any atom is 0.227 e. The van der Waals surface area contributed by atoms with Gasteiger partial charge in [-0.2, -0.15) is 5.10 Å². The van der Waals surface area contributed by atoms with E-state index in [4.69, 9.17) is 16.3 Å². The molecule has 10 heteroatoms. The van der Waals surface area contributed by atoms with E-state index in [1.54, 1.807) is 12.4 Å². The molecule has 0 spiro atoms. The summed E-state index contributed by atoms with van der Waals surface area (Å²) in [5.41, 5.74) is 2.33. The van der Waals surface area contributed by atoms with E-state index in [0.29, 0.717) is 49.1 Å². The molecule has 3 aromatic rings. The summed E-state index contributed by atoms with van der Waals surface area (Å²) in [6, 6.07) is 4.06. The molecule has 0 bridgehead atoms. The molecule has 4 heterocycles. The average molecular weight is 501 g/mol. The van der Waals surface area contributed by atoms with E-state index in [9.17, 15) is 5.11 Å². The minimum atomic E-state index is -1.09. The van der Waals surface area contributed by atoms with Crippen molar-refractivity contribution < 1.29 is 14.2 Å². The minimum Gasteiger partial charge on any atom is -0.389 e. The number of aliphatic hydroxyl groups is 1. The lowest BCUT2D eigenvalue weighted by molar-refractivity contribution is 0.0353. The molecule has 186 valence electrons. The number of hydrogen-bond acceptors (Lipinski definition) is 7. The van der Waals surface area contributed by atoms with Gasteiger partial charge in [0.25, 0.3) is 0 Å². The Morgan fingerprint density at radius 3 is 2.89 bits per heavy atom. The van der Waals surface area contributed by atoms with Crippen molar-refractivity contribution in [1.82, 2.24) is 24.6 Å². The molecule has 35 heavy (non-hydrogen) atoms. The highest BCUT2D eigenvalue weighted by atomic mass is 35.5. The van der Waals surface area contributed by atoms with Gasteiger partial charge in [0.15, 0.2) is 0 Å². The average Bonchev–Trinajstić information content (AvgIpc) is 3.28. The number of nitrogens with one attached hydrogen (secondary N) is 1. The third-order valence-corrected chi connectivity index (χ3v) is 8.10. The number of alkyl halides is 1. The molecule has 8 nitrogen and oxygen atoms in total. The molecule has 1 saturated carbocycles. The highest BCUT2D eigenvalue weighted by molar-refractivity contribution is 6.32. The number of likely N-dealkylation sites (tertiary alicyclic amines) is 1. The molecule has 1 aromatic carbocycles. The van der Waals surface area contributed by atoms with Crippen molar-refractivity contribution in [3.8, 4) is 0 Å². The lowest BCUT2D eigenvalue weighted by atomic mass is 9.86. The fraction of sp³-hybridized carbons (Fsp3) is 0.560. The summed E-state index contributed by atoms with van der Waals surface area (Å²) in [7, 11) is 0. The summed E-state index contributed by atoms with van der Waals surface area (Å²) < 4.78 is 22.7. The minimum absolute atomic E-state index is 0.139. The monoisotopic (exact) mass is 500 g/mol. The fourth-order valence-electron chi connectivity index (χ4n) is 5.58. The molecular weight excluding hydrogens is 471 g/mol. The quantitative estimate of drug-likeness (QED) is 0.527. The summed E-state index contributed by atoms with van der Waals surface area (Å²) in [5, 5.41) is 19.2. The first-order valence-electron chi connectivity index (χ1n) is 12.4. The maximum absolute atomic E-state index is 15.4. The number of anilines is 2. The molecule has 2 aliphatic heterocycles. The summed E-state index contributed by atoms with van der Waals surface area (Å²) in [5.74, 6) is 0.859. The van der Waals surface area contributed by atoms with E-state index in [1.807, 2.05) is 27.9 Å². The Labute approximate surface area is 208 Å². The van der Waals surface area contributed by atoms with Gasteiger partial charge in [-0.3, -0.25) is 9.58 Å². The summed E-state index contributed by atoms with van der Waals surface area (Å²) in [6.07, 6.45) is 6.83. The van der Waals surface area contributed by atoms with Gasteiger partial charge in [0.05, 0.1) is 48.8 Å². The number of aliphatic hydroxyl groups excluding tert-OH is 1. The highest BCUT2D eigenvalue weighted by Gasteiger charge is 2.39. The van der Waals surface area contributed by atoms with Gasteiger partial charge in [-0.1, -0.05) is 24.9 Å². The van der Waals surface area contributed by atoms with E-state index in [0.717, 1.165) is 22.2 Å². The molecule has 1 aliphatic carbocycles. The first kappa shape index (κ1) is 23.1. The zero-order valence-electron chi connectivity index (χ0n) is 19.6. The van der Waals surface area contributed by atoms with Crippen LogP contribution in [-0.4, -0.2) is 74.4 Å². The van der Waals surface area contributed by atoms with Crippen LogP contribution in [0.5, 0.6) is 0 Å². The molecule has 3 fully saturated rings. The lowest BCUT2D eigenvalue weighted by Gasteiger charge is -2.39. The number of hydrogen-bond donors (Lipinski definition) is 2. The topological polar surface area (TPSA) is 88.3 Å². The summed E-state index contributed by atoms with van der Waals surface area (Å²) in [6.45, 7) is 3.91. The van der Waals surface area contributed by atoms with Gasteiger partial charge in [-0.15, -0.1) is 0 Å². The van der Waals surface area contributed by atoms with Crippen molar-refractivity contribution in [2.75, 3.05) is 31.6 Å². The highest BCUT2D eigenvalue weighted by Crippen LogP contribution is 2.45. The van der Waals surface area contributed by atoms with Crippen molar-refractivity contribution in [3.05, 3.63) is 41.3 Å². The van der Waals surface area contributed by atoms with Crippen molar-refractivity contribution >= 4 is 34.1 Å². The maximum atomic E-state index is 15.4. The van der Waals surface area contributed by atoms with Gasteiger partial charge in [-0.05, 0) is 43.0 Å². The van der Waals surface area contributed by atoms with Crippen LogP contribution in [0.2, 0.25) is 5.02 Å². The van der Waals surface area contributed by atoms with Crippen molar-refractivity contribution in [2.45, 2.75) is 56.5 Å². The first-order valence-corrected chi connectivity index (χ1v) is 12.8. The Hall–Kier alpha value is -2.33. The number of rotatable bonds is 6. The van der Waals surface area contributed by atoms with E-state index in [2.05, 4.69) is 27.3 Å². The second kappa shape index (κ2) is 9.28. The molecule has 3 aliphatic rings. The van der Waals surface area contributed by atoms with Crippen LogP contribution in [0.15, 0.2) is 30.7 Å². The van der Waals surface area contributed by atoms with E-state index < -0.39 is 12.3 Å². The van der Waals surface area contributed by atoms with Crippen LogP contribution < -0.4 is 5.32 Å². The molecular formula is C25H30ClFN6O2. The zero-order valence-corrected chi connectivity index (χ0v) is 20.4. The van der Waals surface area contributed by atoms with Crippen LogP contribution in [0.25, 0.3) is 10.9 Å². The molecule has 6 atom stereocenters. The zero-order chi connectivity index (χ0) is 24.1. The Morgan fingerprint density at radius 1 is 1.26 bits per heavy atom. The summed E-state index contributed by atoms with van der Waals surface area (Å²) >= 11 is 6.60. The van der Waals surface area contributed by atoms with Crippen molar-refractivity contribution in [2.24, 2.45) is 5.92 Å². The van der Waals surface area contributed by atoms with Crippen molar-refractivity contribution in [1.29, 1.82) is 0 Å². The molecule has 2 saturated heterocycles. The standard InChI is InChI=1S/C25H30ClFN6O2/c1-2-14-6-22(14)33-10-16(9-29-33)30-25-28-8-15-5-19(26)18(7-21(15)31-25)17-3-4-32(11-20(17)27)23-12-35-13-24(23)34/h5,7-10,14,17,20,22-24,34H,2-4,6,11-13H2,1H3,(H,28,30,31). The number of ether oxygens (including phenoxy) is 1. The van der Waals surface area contributed by atoms with Crippen LogP contribution in [0.1, 0.15) is 43.7 Å². The lowest BCUT2D eigenvalue weighted by Crippen LogP contribution is -2.50. The third-order valence-electron chi connectivity index (χ3n) is 7.77. The third kappa shape index (κ3) is 4.50. The van der Waals surface area contributed by atoms with Gasteiger partial charge in [-0.25, -0.2) is 14.4 Å². The number of benzene rings is 1. The predicted molar refractivity (Wildman–Crippen MR) is 132 cm³/mol. The second-order valence-electron chi connectivity index (χ2n) is 10.0. The van der Waals surface area contributed by atoms with Gasteiger partial charge in [0.2, 0.25) is 5.95 Å². The number of halogens is 2. The van der Waals surface area contributed by atoms with Crippen LogP contribution in [-0.2, 0) is 4.74 Å². The number of fused-ring (bicyclic) bond motifs is 1. The van der Waals surface area contributed by atoms with Crippen LogP contribution in [0.4, 0.5) is 16.0 Å². The van der Waals surface area contributed by atoms with Gasteiger partial charge in [0, 0.05) is 35.3 Å². The number of piperidine rings is 1. The van der Waals surface area contributed by atoms with Gasteiger partial charge >= 0.3 is 0 Å². The Balaban J connectivity index is 1.19. The SMILES string of the molecule is CCC1CC1n1cc(Nc2ncc3cc(Cl)c(C4CCN(C5COCC5O)CC4F)cc3n2)cn1. The Bertz CT molecular complexity index is 1220. The van der Waals surface area contributed by atoms with E-state index in [-0.39, 0.29) is 18.5 Å². The smallest absolute Gasteiger partial charge is 0.227 e. The van der Waals surface area contributed by atoms with Gasteiger partial charge < -0.3 is 15.2 Å². The Morgan fingerprint density at radius 2 is 2.14 bits per heavy atom. The first-order chi connectivity index (χ1) is 17.0. The number of nitrogens with zero attached hydrogens (tertiary/aromatic N) is 5. The van der Waals surface area contributed by atoms with E-state index in [1.165, 1.54) is 12.8 Å². The normalized spacial score (nSPS) is 31.2. The summed E-state index contributed by atoms with van der Waals surface area (Å²) in [4.78, 5) is 11.1. The van der Waals surface area contributed by atoms with Crippen molar-refractivity contribution in [3.63, 3.8) is 0 Å². The van der Waals surface area contributed by atoms with E-state index >= 15 is 4.39 Å². The molecule has 6 unspecified atom stereocenters. The Kier molecular flexibility index (Phi) is 6.12. The number of aromatic nitrogens is 4. The molecule has 2 aromatic heterocycles. The predicted octanol–water partition coefficient (Wildman–Crippen LogP) is 4.08. The van der Waals surface area contributed by atoms with Crippen LogP contribution >= 0.6 is 11.6 Å². The molecule has 6 rings (SSSR count). The molecule has 2 N–H and O–H groups in total. The molecule has 0 radical (unpaired) electrons. The largest absolute Gasteiger partial charge is 0.389 e.